The highest BCUT2D eigenvalue weighted by Crippen LogP contribution is 2.21. The second kappa shape index (κ2) is 17.0. The highest BCUT2D eigenvalue weighted by Gasteiger charge is 2.15. The van der Waals surface area contributed by atoms with Gasteiger partial charge in [0.1, 0.15) is 13.2 Å². The Bertz CT molecular complexity index is 328. The third-order valence-electron chi connectivity index (χ3n) is 4.20. The van der Waals surface area contributed by atoms with E-state index in [4.69, 9.17) is 9.47 Å². The van der Waals surface area contributed by atoms with Crippen molar-refractivity contribution >= 4 is 37.2 Å². The van der Waals surface area contributed by atoms with Crippen molar-refractivity contribution < 1.29 is 19.1 Å². The normalized spacial score (nSPS) is 11.1. The molecule has 0 spiro atoms. The summed E-state index contributed by atoms with van der Waals surface area (Å²) in [5.74, 6) is 1.05. The summed E-state index contributed by atoms with van der Waals surface area (Å²) in [5.41, 5.74) is 0. The fourth-order valence-corrected chi connectivity index (χ4v) is 2.87. The van der Waals surface area contributed by atoms with Gasteiger partial charge >= 0.3 is 11.9 Å². The Kier molecular flexibility index (Phi) is 16.8. The van der Waals surface area contributed by atoms with Gasteiger partial charge in [0, 0.05) is 24.3 Å². The lowest BCUT2D eigenvalue weighted by Gasteiger charge is -2.21. The van der Waals surface area contributed by atoms with Crippen LogP contribution in [0.5, 0.6) is 0 Å². The molecule has 0 atom stereocenters. The Morgan fingerprint density at radius 3 is 1.76 bits per heavy atom. The van der Waals surface area contributed by atoms with Gasteiger partial charge < -0.3 is 14.4 Å². The molecule has 7 heteroatoms. The van der Waals surface area contributed by atoms with Crippen LogP contribution in [0.2, 0.25) is 0 Å². The summed E-state index contributed by atoms with van der Waals surface area (Å²) in [5, 5.41) is 0. The van der Waals surface area contributed by atoms with E-state index in [0.29, 0.717) is 43.5 Å². The van der Waals surface area contributed by atoms with Crippen molar-refractivity contribution in [3.63, 3.8) is 0 Å². The summed E-state index contributed by atoms with van der Waals surface area (Å²) in [6, 6.07) is 0. The maximum Gasteiger partial charge on any atom is 0.305 e. The molecule has 0 aliphatic heterocycles. The molecule has 0 fully saturated rings. The van der Waals surface area contributed by atoms with Crippen molar-refractivity contribution in [1.29, 1.82) is 0 Å². The Morgan fingerprint density at radius 1 is 0.880 bits per heavy atom. The Hall–Kier alpha value is -0.400. The van der Waals surface area contributed by atoms with Crippen LogP contribution in [-0.2, 0) is 19.1 Å². The van der Waals surface area contributed by atoms with Crippen molar-refractivity contribution in [3.05, 3.63) is 0 Å². The molecule has 25 heavy (non-hydrogen) atoms. The predicted molar refractivity (Wildman–Crippen MR) is 109 cm³/mol. The van der Waals surface area contributed by atoms with E-state index in [1.807, 2.05) is 0 Å². The number of esters is 2. The van der Waals surface area contributed by atoms with Crippen LogP contribution in [0.15, 0.2) is 0 Å². The average Bonchev–Trinajstić information content (AvgIpc) is 2.63. The summed E-state index contributed by atoms with van der Waals surface area (Å²) in [6.07, 6.45) is 4.39. The van der Waals surface area contributed by atoms with E-state index in [9.17, 15) is 9.59 Å². The van der Waals surface area contributed by atoms with Crippen molar-refractivity contribution in [2.45, 2.75) is 52.4 Å². The molecular weight excluding hydrogens is 358 g/mol. The molecule has 0 rings (SSSR count). The molecule has 0 aromatic rings. The first kappa shape index (κ1) is 24.6. The van der Waals surface area contributed by atoms with Gasteiger partial charge in [-0.3, -0.25) is 9.59 Å². The fourth-order valence-electron chi connectivity index (χ4n) is 2.68. The molecule has 0 unspecified atom stereocenters. The maximum atomic E-state index is 11.7. The average molecular weight is 394 g/mol. The van der Waals surface area contributed by atoms with Gasteiger partial charge in [0.2, 0.25) is 0 Å². The number of rotatable bonds is 16. The van der Waals surface area contributed by atoms with E-state index >= 15 is 0 Å². The standard InChI is InChI=1S/C18H35NO4S2/c1-3-19(4-2)11-5-6-16(7-9-17(20)22-12-14-24)8-10-18(21)23-13-15-25/h16,24-25H,3-15H2,1-2H3. The molecule has 0 radical (unpaired) electrons. The molecule has 0 amide bonds. The van der Waals surface area contributed by atoms with Crippen LogP contribution >= 0.6 is 25.3 Å². The molecule has 0 N–H and O–H groups in total. The SMILES string of the molecule is CCN(CC)CCCC(CCC(=O)OCCS)CCC(=O)OCCS. The lowest BCUT2D eigenvalue weighted by molar-refractivity contribution is -0.143. The third-order valence-corrected chi connectivity index (χ3v) is 4.57. The first-order valence-corrected chi connectivity index (χ1v) is 10.6. The highest BCUT2D eigenvalue weighted by atomic mass is 32.1. The number of hydrogen-bond acceptors (Lipinski definition) is 7. The van der Waals surface area contributed by atoms with Crippen molar-refractivity contribution in [3.8, 4) is 0 Å². The van der Waals surface area contributed by atoms with Gasteiger partial charge in [0.05, 0.1) is 0 Å². The molecule has 5 nitrogen and oxygen atoms in total. The first-order valence-electron chi connectivity index (χ1n) is 9.32. The van der Waals surface area contributed by atoms with Gasteiger partial charge in [-0.2, -0.15) is 25.3 Å². The van der Waals surface area contributed by atoms with Crippen molar-refractivity contribution in [2.24, 2.45) is 5.92 Å². The summed E-state index contributed by atoms with van der Waals surface area (Å²) in [6.45, 7) is 8.18. The van der Waals surface area contributed by atoms with E-state index in [1.54, 1.807) is 0 Å². The lowest BCUT2D eigenvalue weighted by Crippen LogP contribution is -2.24. The van der Waals surface area contributed by atoms with Crippen LogP contribution in [-0.4, -0.2) is 61.2 Å². The first-order chi connectivity index (χ1) is 12.1. The van der Waals surface area contributed by atoms with Crippen LogP contribution in [0.4, 0.5) is 0 Å². The van der Waals surface area contributed by atoms with E-state index in [0.717, 1.165) is 45.3 Å². The second-order valence-electron chi connectivity index (χ2n) is 6.00. The Morgan fingerprint density at radius 2 is 1.36 bits per heavy atom. The van der Waals surface area contributed by atoms with Gasteiger partial charge in [0.15, 0.2) is 0 Å². The van der Waals surface area contributed by atoms with E-state index in [1.165, 1.54) is 0 Å². The van der Waals surface area contributed by atoms with Gasteiger partial charge in [0.25, 0.3) is 0 Å². The third kappa shape index (κ3) is 14.5. The molecule has 0 aliphatic carbocycles. The number of thiol groups is 2. The molecule has 0 aromatic heterocycles. The minimum absolute atomic E-state index is 0.180. The topological polar surface area (TPSA) is 55.8 Å². The molecule has 0 saturated heterocycles. The van der Waals surface area contributed by atoms with E-state index < -0.39 is 0 Å². The number of carbonyl (C=O) groups excluding carboxylic acids is 2. The Balaban J connectivity index is 4.28. The second-order valence-corrected chi connectivity index (χ2v) is 6.90. The van der Waals surface area contributed by atoms with Crippen LogP contribution in [0.25, 0.3) is 0 Å². The number of carbonyl (C=O) groups is 2. The molecule has 0 aliphatic rings. The quantitative estimate of drug-likeness (QED) is 0.311. The zero-order valence-corrected chi connectivity index (χ0v) is 17.5. The zero-order chi connectivity index (χ0) is 18.9. The van der Waals surface area contributed by atoms with Crippen LogP contribution < -0.4 is 0 Å². The minimum atomic E-state index is -0.180. The van der Waals surface area contributed by atoms with Crippen LogP contribution in [0.1, 0.15) is 52.4 Å². The molecule has 0 bridgehead atoms. The van der Waals surface area contributed by atoms with Crippen LogP contribution in [0, 0.1) is 5.92 Å². The zero-order valence-electron chi connectivity index (χ0n) is 15.7. The smallest absolute Gasteiger partial charge is 0.305 e. The minimum Gasteiger partial charge on any atom is -0.465 e. The van der Waals surface area contributed by atoms with Gasteiger partial charge in [-0.25, -0.2) is 0 Å². The fraction of sp³-hybridized carbons (Fsp3) is 0.889. The lowest BCUT2D eigenvalue weighted by atomic mass is 9.92. The van der Waals surface area contributed by atoms with E-state index in [2.05, 4.69) is 44.0 Å². The van der Waals surface area contributed by atoms with Gasteiger partial charge in [-0.15, -0.1) is 0 Å². The number of hydrogen-bond donors (Lipinski definition) is 2. The van der Waals surface area contributed by atoms with E-state index in [-0.39, 0.29) is 11.9 Å². The molecule has 0 heterocycles. The molecule has 0 saturated carbocycles. The summed E-state index contributed by atoms with van der Waals surface area (Å²) in [7, 11) is 0. The van der Waals surface area contributed by atoms with Crippen LogP contribution in [0.3, 0.4) is 0 Å². The summed E-state index contributed by atoms with van der Waals surface area (Å²) >= 11 is 8.07. The number of ether oxygens (including phenoxy) is 2. The summed E-state index contributed by atoms with van der Waals surface area (Å²) < 4.78 is 10.1. The highest BCUT2D eigenvalue weighted by molar-refractivity contribution is 7.80. The van der Waals surface area contributed by atoms with Crippen molar-refractivity contribution in [2.75, 3.05) is 44.4 Å². The molecular formula is C18H35NO4S2. The molecule has 148 valence electrons. The monoisotopic (exact) mass is 393 g/mol. The van der Waals surface area contributed by atoms with Gasteiger partial charge in [-0.1, -0.05) is 13.8 Å². The maximum absolute atomic E-state index is 11.7. The predicted octanol–water partition coefficient (Wildman–Crippen LogP) is 3.23. The Labute approximate surface area is 164 Å². The summed E-state index contributed by atoms with van der Waals surface area (Å²) in [4.78, 5) is 25.8. The van der Waals surface area contributed by atoms with Gasteiger partial charge in [-0.05, 0) is 51.2 Å². The number of nitrogens with zero attached hydrogens (tertiary/aromatic N) is 1. The largest absolute Gasteiger partial charge is 0.465 e. The van der Waals surface area contributed by atoms with Crippen molar-refractivity contribution in [1.82, 2.24) is 4.90 Å². The molecule has 0 aromatic carbocycles.